The molecule has 1 atom stereocenters. The Morgan fingerprint density at radius 3 is 2.72 bits per heavy atom. The van der Waals surface area contributed by atoms with Gasteiger partial charge in [-0.3, -0.25) is 9.59 Å². The van der Waals surface area contributed by atoms with Gasteiger partial charge >= 0.3 is 0 Å². The van der Waals surface area contributed by atoms with Crippen LogP contribution in [0.4, 0.5) is 11.6 Å². The highest BCUT2D eigenvalue weighted by Gasteiger charge is 2.35. The second-order valence-corrected chi connectivity index (χ2v) is 6.34. The van der Waals surface area contributed by atoms with Gasteiger partial charge in [0.25, 0.3) is 5.95 Å². The van der Waals surface area contributed by atoms with Crippen molar-refractivity contribution >= 4 is 23.5 Å². The maximum absolute atomic E-state index is 12.3. The molecule has 1 aromatic heterocycles. The first-order valence-corrected chi connectivity index (χ1v) is 8.08. The zero-order valence-electron chi connectivity index (χ0n) is 14.5. The largest absolute Gasteiger partial charge is 0.347 e. The maximum atomic E-state index is 12.3. The van der Waals surface area contributed by atoms with Gasteiger partial charge in [-0.1, -0.05) is 17.7 Å². The Kier molecular flexibility index (Phi) is 4.69. The van der Waals surface area contributed by atoms with E-state index >= 15 is 0 Å². The van der Waals surface area contributed by atoms with Crippen molar-refractivity contribution in [2.75, 3.05) is 30.4 Å². The van der Waals surface area contributed by atoms with Gasteiger partial charge in [-0.25, -0.2) is 0 Å². The fourth-order valence-corrected chi connectivity index (χ4v) is 2.66. The van der Waals surface area contributed by atoms with E-state index in [1.807, 2.05) is 31.2 Å². The van der Waals surface area contributed by atoms with Crippen molar-refractivity contribution in [3.8, 4) is 0 Å². The summed E-state index contributed by atoms with van der Waals surface area (Å²) < 4.78 is 5.07. The Bertz CT molecular complexity index is 769. The van der Waals surface area contributed by atoms with Crippen LogP contribution in [0.15, 0.2) is 28.8 Å². The van der Waals surface area contributed by atoms with E-state index in [9.17, 15) is 9.59 Å². The van der Waals surface area contributed by atoms with Crippen LogP contribution in [-0.2, 0) is 16.1 Å². The smallest absolute Gasteiger partial charge is 0.265 e. The number of carbonyl (C=O) groups is 2. The lowest BCUT2D eigenvalue weighted by Gasteiger charge is -2.16. The third kappa shape index (κ3) is 3.78. The first-order valence-electron chi connectivity index (χ1n) is 8.08. The van der Waals surface area contributed by atoms with Gasteiger partial charge in [0.2, 0.25) is 17.7 Å². The van der Waals surface area contributed by atoms with Gasteiger partial charge < -0.3 is 19.6 Å². The maximum Gasteiger partial charge on any atom is 0.265 e. The van der Waals surface area contributed by atoms with Gasteiger partial charge in [0.1, 0.15) is 0 Å². The highest BCUT2D eigenvalue weighted by molar-refractivity contribution is 6.00. The van der Waals surface area contributed by atoms with Crippen LogP contribution in [0, 0.1) is 12.8 Å². The number of aryl methyl sites for hydroxylation is 1. The van der Waals surface area contributed by atoms with Gasteiger partial charge in [-0.2, -0.15) is 4.98 Å². The number of aromatic nitrogens is 2. The molecular weight excluding hydrogens is 322 g/mol. The molecule has 2 amide bonds. The van der Waals surface area contributed by atoms with E-state index in [-0.39, 0.29) is 30.7 Å². The molecule has 0 saturated carbocycles. The number of amides is 2. The Labute approximate surface area is 145 Å². The monoisotopic (exact) mass is 343 g/mol. The van der Waals surface area contributed by atoms with Crippen molar-refractivity contribution in [1.29, 1.82) is 0 Å². The van der Waals surface area contributed by atoms with Crippen LogP contribution >= 0.6 is 0 Å². The highest BCUT2D eigenvalue weighted by atomic mass is 16.5. The zero-order chi connectivity index (χ0) is 18.0. The van der Waals surface area contributed by atoms with Crippen molar-refractivity contribution in [2.45, 2.75) is 19.9 Å². The van der Waals surface area contributed by atoms with Crippen molar-refractivity contribution in [3.63, 3.8) is 0 Å². The number of nitrogens with zero attached hydrogens (tertiary/aromatic N) is 4. The summed E-state index contributed by atoms with van der Waals surface area (Å²) in [5.41, 5.74) is 1.94. The van der Waals surface area contributed by atoms with E-state index in [1.54, 1.807) is 23.9 Å². The average Bonchev–Trinajstić information content (AvgIpc) is 3.20. The van der Waals surface area contributed by atoms with Crippen LogP contribution in [-0.4, -0.2) is 42.6 Å². The summed E-state index contributed by atoms with van der Waals surface area (Å²) in [6.45, 7) is 2.51. The molecule has 25 heavy (non-hydrogen) atoms. The minimum Gasteiger partial charge on any atom is -0.347 e. The standard InChI is InChI=1S/C17H21N5O3/c1-11-4-6-13(7-5-11)22-10-12(8-15(22)23)16(24)18-9-14-19-17(20-25-14)21(2)3/h4-7,12H,8-10H2,1-3H3,(H,18,24)/t12-/m1/s1. The van der Waals surface area contributed by atoms with Crippen LogP contribution in [0.5, 0.6) is 0 Å². The van der Waals surface area contributed by atoms with Gasteiger partial charge in [-0.15, -0.1) is 0 Å². The number of rotatable bonds is 5. The molecule has 1 aromatic carbocycles. The van der Waals surface area contributed by atoms with Crippen molar-refractivity contribution in [1.82, 2.24) is 15.5 Å². The number of carbonyl (C=O) groups excluding carboxylic acids is 2. The summed E-state index contributed by atoms with van der Waals surface area (Å²) in [5, 5.41) is 6.55. The van der Waals surface area contributed by atoms with Crippen LogP contribution in [0.25, 0.3) is 0 Å². The summed E-state index contributed by atoms with van der Waals surface area (Å²) >= 11 is 0. The minimum absolute atomic E-state index is 0.0447. The lowest BCUT2D eigenvalue weighted by atomic mass is 10.1. The van der Waals surface area contributed by atoms with E-state index in [1.165, 1.54) is 0 Å². The average molecular weight is 343 g/mol. The molecule has 1 aliphatic heterocycles. The first-order chi connectivity index (χ1) is 11.9. The summed E-state index contributed by atoms with van der Waals surface area (Å²) in [6.07, 6.45) is 0.201. The molecular formula is C17H21N5O3. The molecule has 0 aliphatic carbocycles. The number of anilines is 2. The van der Waals surface area contributed by atoms with Crippen molar-refractivity contribution in [3.05, 3.63) is 35.7 Å². The van der Waals surface area contributed by atoms with Crippen LogP contribution < -0.4 is 15.1 Å². The van der Waals surface area contributed by atoms with Crippen LogP contribution in [0.1, 0.15) is 17.9 Å². The Morgan fingerprint density at radius 1 is 1.36 bits per heavy atom. The number of hydrogen-bond donors (Lipinski definition) is 1. The lowest BCUT2D eigenvalue weighted by Crippen LogP contribution is -2.32. The molecule has 3 rings (SSSR count). The quantitative estimate of drug-likeness (QED) is 0.874. The topological polar surface area (TPSA) is 91.6 Å². The molecule has 1 N–H and O–H groups in total. The molecule has 132 valence electrons. The molecule has 8 nitrogen and oxygen atoms in total. The summed E-state index contributed by atoms with van der Waals surface area (Å²) in [7, 11) is 3.61. The van der Waals surface area contributed by atoms with Crippen molar-refractivity contribution < 1.29 is 14.1 Å². The molecule has 2 heterocycles. The predicted molar refractivity (Wildman–Crippen MR) is 92.1 cm³/mol. The zero-order valence-corrected chi connectivity index (χ0v) is 14.5. The fraction of sp³-hybridized carbons (Fsp3) is 0.412. The van der Waals surface area contributed by atoms with Gasteiger partial charge in [0.05, 0.1) is 12.5 Å². The van der Waals surface area contributed by atoms with E-state index < -0.39 is 0 Å². The second-order valence-electron chi connectivity index (χ2n) is 6.34. The second kappa shape index (κ2) is 6.92. The normalized spacial score (nSPS) is 17.0. The molecule has 0 unspecified atom stereocenters. The molecule has 1 saturated heterocycles. The molecule has 8 heteroatoms. The highest BCUT2D eigenvalue weighted by Crippen LogP contribution is 2.25. The van der Waals surface area contributed by atoms with E-state index in [0.29, 0.717) is 18.4 Å². The van der Waals surface area contributed by atoms with Crippen molar-refractivity contribution in [2.24, 2.45) is 5.92 Å². The van der Waals surface area contributed by atoms with E-state index in [2.05, 4.69) is 15.5 Å². The Balaban J connectivity index is 1.57. The fourth-order valence-electron chi connectivity index (χ4n) is 2.66. The third-order valence-electron chi connectivity index (χ3n) is 4.11. The molecule has 1 aliphatic rings. The molecule has 0 spiro atoms. The third-order valence-corrected chi connectivity index (χ3v) is 4.11. The summed E-state index contributed by atoms with van der Waals surface area (Å²) in [5.74, 6) is 0.164. The van der Waals surface area contributed by atoms with Crippen LogP contribution in [0.2, 0.25) is 0 Å². The van der Waals surface area contributed by atoms with Crippen LogP contribution in [0.3, 0.4) is 0 Å². The summed E-state index contributed by atoms with van der Waals surface area (Å²) in [6, 6.07) is 7.70. The molecule has 0 bridgehead atoms. The SMILES string of the molecule is Cc1ccc(N2C[C@H](C(=O)NCc3nc(N(C)C)no3)CC2=O)cc1. The minimum atomic E-state index is -0.384. The van der Waals surface area contributed by atoms with E-state index in [0.717, 1.165) is 11.3 Å². The first kappa shape index (κ1) is 16.9. The Morgan fingerprint density at radius 2 is 2.08 bits per heavy atom. The Hall–Kier alpha value is -2.90. The molecule has 0 radical (unpaired) electrons. The van der Waals surface area contributed by atoms with Gasteiger partial charge in [0, 0.05) is 32.7 Å². The van der Waals surface area contributed by atoms with E-state index in [4.69, 9.17) is 4.52 Å². The lowest BCUT2D eigenvalue weighted by molar-refractivity contribution is -0.126. The molecule has 2 aromatic rings. The summed E-state index contributed by atoms with van der Waals surface area (Å²) in [4.78, 5) is 32.1. The van der Waals surface area contributed by atoms with Gasteiger partial charge in [-0.05, 0) is 24.2 Å². The predicted octanol–water partition coefficient (Wildman–Crippen LogP) is 1.11. The molecule has 1 fully saturated rings. The van der Waals surface area contributed by atoms with Gasteiger partial charge in [0.15, 0.2) is 0 Å². The number of hydrogen-bond acceptors (Lipinski definition) is 6. The number of nitrogens with one attached hydrogen (secondary N) is 1. The number of benzene rings is 1.